The van der Waals surface area contributed by atoms with Gasteiger partial charge < -0.3 is 9.67 Å². The van der Waals surface area contributed by atoms with E-state index in [0.29, 0.717) is 21.8 Å². The maximum atomic E-state index is 13.7. The van der Waals surface area contributed by atoms with Gasteiger partial charge in [-0.25, -0.2) is 13.4 Å². The van der Waals surface area contributed by atoms with Crippen LogP contribution in [0.1, 0.15) is 19.0 Å². The first-order valence-corrected chi connectivity index (χ1v) is 13.7. The fraction of sp³-hybridized carbons (Fsp3) is 0.160. The van der Waals surface area contributed by atoms with Crippen LogP contribution in [-0.4, -0.2) is 23.1 Å². The molecule has 4 aromatic rings. The minimum absolute atomic E-state index is 0.0604. The number of anilines is 1. The maximum absolute atomic E-state index is 13.7. The first kappa shape index (κ1) is 24.2. The molecule has 0 amide bonds. The van der Waals surface area contributed by atoms with Crippen molar-refractivity contribution in [2.75, 3.05) is 4.72 Å². The Morgan fingerprint density at radius 1 is 1.19 bits per heavy atom. The van der Waals surface area contributed by atoms with E-state index in [-0.39, 0.29) is 23.1 Å². The molecule has 8 nitrogen and oxygen atoms in total. The fourth-order valence-electron chi connectivity index (χ4n) is 4.07. The number of benzene rings is 2. The molecule has 184 valence electrons. The lowest BCUT2D eigenvalue weighted by atomic mass is 9.94. The lowest BCUT2D eigenvalue weighted by Crippen LogP contribution is -2.39. The zero-order valence-corrected chi connectivity index (χ0v) is 21.8. The Kier molecular flexibility index (Phi) is 6.19. The molecule has 11 heteroatoms. The lowest BCUT2D eigenvalue weighted by molar-refractivity contribution is 0.436. The molecule has 1 aliphatic carbocycles. The monoisotopic (exact) mass is 539 g/mol. The maximum Gasteiger partial charge on any atom is 0.248 e. The number of aromatic hydroxyl groups is 1. The van der Waals surface area contributed by atoms with Crippen molar-refractivity contribution in [1.82, 2.24) is 9.55 Å². The van der Waals surface area contributed by atoms with Crippen LogP contribution in [0.25, 0.3) is 10.9 Å². The number of para-hydroxylation sites is 1. The van der Waals surface area contributed by atoms with Crippen molar-refractivity contribution < 1.29 is 13.5 Å². The molecule has 0 aliphatic heterocycles. The Morgan fingerprint density at radius 2 is 1.97 bits per heavy atom. The molecule has 0 bridgehead atoms. The van der Waals surface area contributed by atoms with Gasteiger partial charge in [0.15, 0.2) is 10.4 Å². The number of sulfonamides is 1. The average molecular weight is 540 g/mol. The minimum Gasteiger partial charge on any atom is -0.493 e. The third-order valence-corrected chi connectivity index (χ3v) is 9.05. The highest BCUT2D eigenvalue weighted by Gasteiger charge is 2.46. The number of aromatic nitrogens is 2. The number of nitrogens with one attached hydrogen (secondary N) is 1. The molecule has 0 saturated heterocycles. The van der Waals surface area contributed by atoms with Crippen molar-refractivity contribution >= 4 is 60.4 Å². The van der Waals surface area contributed by atoms with E-state index in [1.54, 1.807) is 71.6 Å². The first-order valence-electron chi connectivity index (χ1n) is 11.0. The van der Waals surface area contributed by atoms with E-state index in [4.69, 9.17) is 11.6 Å². The molecule has 36 heavy (non-hydrogen) atoms. The standard InChI is InChI=1S/C25H22ClN5O3S2/c1-16-10-12-25(13-11-16,36(33,34)30-18-6-4-3-5-7-18)21-15-35-24(27-21)29-28-22-19-14-17(26)8-9-20(19)31(2)23(22)32/h3-12,14-15,30,32H,13H2,1-2H3. The van der Waals surface area contributed by atoms with Gasteiger partial charge in [0, 0.05) is 28.5 Å². The Labute approximate surface area is 217 Å². The number of thiazole rings is 1. The first-order chi connectivity index (χ1) is 17.2. The molecule has 1 aliphatic rings. The molecule has 2 aromatic heterocycles. The predicted molar refractivity (Wildman–Crippen MR) is 144 cm³/mol. The third kappa shape index (κ3) is 4.21. The molecule has 0 fully saturated rings. The van der Waals surface area contributed by atoms with E-state index >= 15 is 0 Å². The zero-order valence-electron chi connectivity index (χ0n) is 19.4. The Morgan fingerprint density at radius 3 is 2.69 bits per heavy atom. The van der Waals surface area contributed by atoms with Crippen LogP contribution >= 0.6 is 22.9 Å². The molecule has 0 spiro atoms. The van der Waals surface area contributed by atoms with Crippen LogP contribution in [-0.2, 0) is 21.8 Å². The van der Waals surface area contributed by atoms with Gasteiger partial charge in [-0.1, -0.05) is 53.6 Å². The van der Waals surface area contributed by atoms with Crippen LogP contribution in [0.3, 0.4) is 0 Å². The summed E-state index contributed by atoms with van der Waals surface area (Å²) in [6.45, 7) is 1.92. The van der Waals surface area contributed by atoms with Crippen LogP contribution in [0.15, 0.2) is 87.9 Å². The van der Waals surface area contributed by atoms with Crippen molar-refractivity contribution in [3.8, 4) is 5.88 Å². The van der Waals surface area contributed by atoms with Gasteiger partial charge in [0.25, 0.3) is 0 Å². The highest BCUT2D eigenvalue weighted by molar-refractivity contribution is 7.93. The number of azo groups is 1. The quantitative estimate of drug-likeness (QED) is 0.258. The summed E-state index contributed by atoms with van der Waals surface area (Å²) in [5.74, 6) is -0.0604. The average Bonchev–Trinajstić information content (AvgIpc) is 3.42. The molecule has 2 heterocycles. The van der Waals surface area contributed by atoms with Gasteiger partial charge in [-0.05, 0) is 43.7 Å². The third-order valence-electron chi connectivity index (χ3n) is 6.11. The van der Waals surface area contributed by atoms with Crippen LogP contribution in [0, 0.1) is 0 Å². The van der Waals surface area contributed by atoms with Crippen LogP contribution in [0.5, 0.6) is 5.88 Å². The summed E-state index contributed by atoms with van der Waals surface area (Å²) in [7, 11) is -2.22. The van der Waals surface area contributed by atoms with Gasteiger partial charge >= 0.3 is 0 Å². The summed E-state index contributed by atoms with van der Waals surface area (Å²) in [6.07, 6.45) is 5.55. The summed E-state index contributed by atoms with van der Waals surface area (Å²) in [5, 5.41) is 22.1. The summed E-state index contributed by atoms with van der Waals surface area (Å²) < 4.78 is 30.2. The second-order valence-corrected chi connectivity index (χ2v) is 11.7. The summed E-state index contributed by atoms with van der Waals surface area (Å²) in [6, 6.07) is 14.0. The Hall–Kier alpha value is -3.47. The van der Waals surface area contributed by atoms with Crippen LogP contribution in [0.4, 0.5) is 16.5 Å². The van der Waals surface area contributed by atoms with E-state index in [0.717, 1.165) is 11.1 Å². The molecule has 2 N–H and O–H groups in total. The molecule has 5 rings (SSSR count). The number of hydrogen-bond acceptors (Lipinski definition) is 7. The smallest absolute Gasteiger partial charge is 0.248 e. The van der Waals surface area contributed by atoms with E-state index in [1.165, 1.54) is 11.3 Å². The summed E-state index contributed by atoms with van der Waals surface area (Å²) in [5.41, 5.74) is 2.79. The molecular weight excluding hydrogens is 518 g/mol. The van der Waals surface area contributed by atoms with E-state index in [9.17, 15) is 13.5 Å². The van der Waals surface area contributed by atoms with Gasteiger partial charge in [-0.2, -0.15) is 0 Å². The molecule has 2 aromatic carbocycles. The number of halogens is 1. The van der Waals surface area contributed by atoms with Crippen LogP contribution < -0.4 is 4.72 Å². The van der Waals surface area contributed by atoms with E-state index < -0.39 is 14.8 Å². The topological polar surface area (TPSA) is 109 Å². The Bertz CT molecular complexity index is 1660. The highest BCUT2D eigenvalue weighted by Crippen LogP contribution is 2.43. The van der Waals surface area contributed by atoms with Crippen molar-refractivity contribution in [3.63, 3.8) is 0 Å². The predicted octanol–water partition coefficient (Wildman–Crippen LogP) is 6.95. The van der Waals surface area contributed by atoms with Crippen molar-refractivity contribution in [1.29, 1.82) is 0 Å². The zero-order chi connectivity index (χ0) is 25.5. The second kappa shape index (κ2) is 9.20. The van der Waals surface area contributed by atoms with Crippen molar-refractivity contribution in [3.05, 3.63) is 88.4 Å². The highest BCUT2D eigenvalue weighted by atomic mass is 35.5. The van der Waals surface area contributed by atoms with E-state index in [1.807, 2.05) is 19.1 Å². The van der Waals surface area contributed by atoms with Crippen LogP contribution in [0.2, 0.25) is 5.02 Å². The summed E-state index contributed by atoms with van der Waals surface area (Å²) in [4.78, 5) is 4.53. The SMILES string of the molecule is CC1=CCC(c2csc(N=Nc3c(O)n(C)c4ccc(Cl)cc34)n2)(S(=O)(=O)Nc2ccccc2)C=C1. The van der Waals surface area contributed by atoms with Gasteiger partial charge in [0.1, 0.15) is 0 Å². The van der Waals surface area contributed by atoms with Gasteiger partial charge in [0.05, 0.1) is 11.2 Å². The van der Waals surface area contributed by atoms with Crippen molar-refractivity contribution in [2.45, 2.75) is 18.1 Å². The number of nitrogens with zero attached hydrogens (tertiary/aromatic N) is 4. The fourth-order valence-corrected chi connectivity index (χ4v) is 6.60. The van der Waals surface area contributed by atoms with Gasteiger partial charge in [0.2, 0.25) is 21.0 Å². The normalized spacial score (nSPS) is 18.1. The van der Waals surface area contributed by atoms with Gasteiger partial charge in [-0.3, -0.25) is 4.72 Å². The molecule has 1 atom stereocenters. The molecule has 1 unspecified atom stereocenters. The molecule has 0 radical (unpaired) electrons. The minimum atomic E-state index is -3.93. The van der Waals surface area contributed by atoms with E-state index in [2.05, 4.69) is 19.9 Å². The summed E-state index contributed by atoms with van der Waals surface area (Å²) >= 11 is 7.31. The van der Waals surface area contributed by atoms with Crippen molar-refractivity contribution in [2.24, 2.45) is 17.3 Å². The Balaban J connectivity index is 1.52. The largest absolute Gasteiger partial charge is 0.493 e. The molecule has 0 saturated carbocycles. The number of fused-ring (bicyclic) bond motifs is 1. The number of rotatable bonds is 6. The number of allylic oxidation sites excluding steroid dienone is 3. The second-order valence-electron chi connectivity index (χ2n) is 8.45. The lowest BCUT2D eigenvalue weighted by Gasteiger charge is -2.30. The number of aryl methyl sites for hydroxylation is 1. The van der Waals surface area contributed by atoms with Gasteiger partial charge in [-0.15, -0.1) is 21.6 Å². The number of hydrogen-bond donors (Lipinski definition) is 2. The molecular formula is C25H22ClN5O3S2.